The van der Waals surface area contributed by atoms with E-state index in [9.17, 15) is 15.3 Å². The summed E-state index contributed by atoms with van der Waals surface area (Å²) in [6.45, 7) is 11.6. The van der Waals surface area contributed by atoms with Gasteiger partial charge in [-0.05, 0) is 27.5 Å². The van der Waals surface area contributed by atoms with Crippen molar-refractivity contribution in [3.05, 3.63) is 65.2 Å². The highest BCUT2D eigenvalue weighted by Gasteiger charge is 2.42. The summed E-state index contributed by atoms with van der Waals surface area (Å²) in [4.78, 5) is 0. The minimum absolute atomic E-state index is 0.169. The molecule has 2 rings (SSSR count). The zero-order chi connectivity index (χ0) is 21.9. The molecule has 1 atom stereocenters. The van der Waals surface area contributed by atoms with Crippen LogP contribution in [0.25, 0.3) is 0 Å². The van der Waals surface area contributed by atoms with Gasteiger partial charge in [-0.2, -0.15) is 0 Å². The summed E-state index contributed by atoms with van der Waals surface area (Å²) in [6.07, 6.45) is -0.715. The van der Waals surface area contributed by atoms with E-state index in [1.165, 1.54) is 0 Å². The Morgan fingerprint density at radius 2 is 1.14 bits per heavy atom. The Balaban J connectivity index is 2.74. The second kappa shape index (κ2) is 8.86. The first-order valence-electron chi connectivity index (χ1n) is 10.2. The Kier molecular flexibility index (Phi) is 7.15. The summed E-state index contributed by atoms with van der Waals surface area (Å²) in [7, 11) is 0. The van der Waals surface area contributed by atoms with Crippen LogP contribution in [0.15, 0.2) is 48.5 Å². The number of aliphatic hydroxyl groups is 3. The van der Waals surface area contributed by atoms with Crippen molar-refractivity contribution in [2.24, 2.45) is 5.41 Å². The average molecular weight is 401 g/mol. The van der Waals surface area contributed by atoms with Gasteiger partial charge in [-0.25, -0.2) is 0 Å². The first-order chi connectivity index (χ1) is 13.5. The van der Waals surface area contributed by atoms with Gasteiger partial charge in [0.25, 0.3) is 0 Å². The van der Waals surface area contributed by atoms with E-state index in [0.717, 1.165) is 22.4 Å². The van der Waals surface area contributed by atoms with E-state index in [4.69, 9.17) is 4.74 Å². The smallest absolute Gasteiger partial charge is 0.136 e. The van der Waals surface area contributed by atoms with Gasteiger partial charge in [0.2, 0.25) is 0 Å². The van der Waals surface area contributed by atoms with Crippen molar-refractivity contribution >= 4 is 0 Å². The molecule has 2 aromatic rings. The molecule has 0 aliphatic heterocycles. The highest BCUT2D eigenvalue weighted by atomic mass is 16.5. The number of benzene rings is 2. The van der Waals surface area contributed by atoms with Crippen LogP contribution < -0.4 is 4.74 Å². The van der Waals surface area contributed by atoms with Gasteiger partial charge in [0.1, 0.15) is 11.9 Å². The fourth-order valence-electron chi connectivity index (χ4n) is 3.54. The third-order valence-electron chi connectivity index (χ3n) is 5.47. The van der Waals surface area contributed by atoms with E-state index in [1.807, 2.05) is 36.4 Å². The largest absolute Gasteiger partial charge is 0.484 e. The van der Waals surface area contributed by atoms with Crippen molar-refractivity contribution in [1.29, 1.82) is 0 Å². The zero-order valence-corrected chi connectivity index (χ0v) is 18.6. The summed E-state index contributed by atoms with van der Waals surface area (Å²) in [5, 5.41) is 30.4. The van der Waals surface area contributed by atoms with Crippen molar-refractivity contribution < 1.29 is 20.1 Å². The molecule has 0 amide bonds. The third-order valence-corrected chi connectivity index (χ3v) is 5.47. The SMILES string of the molecule is CC(C)(C)c1cccc(C(C)(C)C)c1OC(c1ccccc1)C(CO)(CO)CO. The predicted octanol–water partition coefficient (Wildman–Crippen LogP) is 4.37. The van der Waals surface area contributed by atoms with Gasteiger partial charge in [0.05, 0.1) is 25.2 Å². The van der Waals surface area contributed by atoms with Crippen LogP contribution in [-0.2, 0) is 10.8 Å². The molecule has 0 aliphatic rings. The first-order valence-corrected chi connectivity index (χ1v) is 10.2. The standard InChI is InChI=1S/C25H36O4/c1-23(2,3)19-13-10-14-20(24(4,5)6)21(19)29-22(18-11-8-7-9-12-18)25(15-26,16-27)17-28/h7-14,22,26-28H,15-17H2,1-6H3. The van der Waals surface area contributed by atoms with Crippen molar-refractivity contribution in [3.63, 3.8) is 0 Å². The quantitative estimate of drug-likeness (QED) is 0.646. The van der Waals surface area contributed by atoms with Crippen molar-refractivity contribution in [2.75, 3.05) is 19.8 Å². The maximum Gasteiger partial charge on any atom is 0.136 e. The summed E-state index contributed by atoms with van der Waals surface area (Å²) in [5.74, 6) is 0.751. The van der Waals surface area contributed by atoms with Crippen molar-refractivity contribution in [1.82, 2.24) is 0 Å². The topological polar surface area (TPSA) is 69.9 Å². The molecule has 4 heteroatoms. The highest BCUT2D eigenvalue weighted by molar-refractivity contribution is 5.48. The van der Waals surface area contributed by atoms with Crippen LogP contribution >= 0.6 is 0 Å². The van der Waals surface area contributed by atoms with Crippen molar-refractivity contribution in [3.8, 4) is 5.75 Å². The average Bonchev–Trinajstić information content (AvgIpc) is 2.68. The predicted molar refractivity (Wildman–Crippen MR) is 117 cm³/mol. The van der Waals surface area contributed by atoms with Gasteiger partial charge < -0.3 is 20.1 Å². The Morgan fingerprint density at radius 1 is 0.690 bits per heavy atom. The second-order valence-corrected chi connectivity index (χ2v) is 9.93. The lowest BCUT2D eigenvalue weighted by molar-refractivity contribution is -0.0751. The van der Waals surface area contributed by atoms with Gasteiger partial charge in [-0.1, -0.05) is 90.1 Å². The lowest BCUT2D eigenvalue weighted by Gasteiger charge is -2.39. The minimum atomic E-state index is -1.22. The molecule has 0 aromatic heterocycles. The molecule has 0 aliphatic carbocycles. The summed E-state index contributed by atoms with van der Waals surface area (Å²) in [6, 6.07) is 15.7. The maximum absolute atomic E-state index is 10.1. The van der Waals surface area contributed by atoms with Crippen LogP contribution in [0.3, 0.4) is 0 Å². The van der Waals surface area contributed by atoms with Crippen molar-refractivity contribution in [2.45, 2.75) is 58.5 Å². The number of rotatable bonds is 7. The molecule has 0 bridgehead atoms. The second-order valence-electron chi connectivity index (χ2n) is 9.93. The van der Waals surface area contributed by atoms with E-state index in [2.05, 4.69) is 53.7 Å². The monoisotopic (exact) mass is 400 g/mol. The summed E-state index contributed by atoms with van der Waals surface area (Å²) < 4.78 is 6.67. The van der Waals surface area contributed by atoms with E-state index >= 15 is 0 Å². The fourth-order valence-corrected chi connectivity index (χ4v) is 3.54. The van der Waals surface area contributed by atoms with Crippen LogP contribution in [-0.4, -0.2) is 35.1 Å². The van der Waals surface area contributed by atoms with Gasteiger partial charge in [-0.15, -0.1) is 0 Å². The van der Waals surface area contributed by atoms with Gasteiger partial charge in [-0.3, -0.25) is 0 Å². The van der Waals surface area contributed by atoms with Crippen LogP contribution in [0.2, 0.25) is 0 Å². The number of aliphatic hydroxyl groups excluding tert-OH is 3. The normalized spacial score (nSPS) is 14.0. The lowest BCUT2D eigenvalue weighted by Crippen LogP contribution is -2.43. The molecule has 0 saturated carbocycles. The van der Waals surface area contributed by atoms with Gasteiger partial charge in [0.15, 0.2) is 0 Å². The number of hydrogen-bond acceptors (Lipinski definition) is 4. The fraction of sp³-hybridized carbons (Fsp3) is 0.520. The van der Waals surface area contributed by atoms with E-state index in [1.54, 1.807) is 0 Å². The zero-order valence-electron chi connectivity index (χ0n) is 18.6. The Morgan fingerprint density at radius 3 is 1.52 bits per heavy atom. The molecule has 2 aromatic carbocycles. The number of para-hydroxylation sites is 1. The molecular formula is C25H36O4. The van der Waals surface area contributed by atoms with E-state index in [0.29, 0.717) is 0 Å². The lowest BCUT2D eigenvalue weighted by atomic mass is 9.78. The first kappa shape index (κ1) is 23.4. The molecule has 0 radical (unpaired) electrons. The molecule has 4 nitrogen and oxygen atoms in total. The van der Waals surface area contributed by atoms with E-state index in [-0.39, 0.29) is 10.8 Å². The minimum Gasteiger partial charge on any atom is -0.484 e. The molecule has 160 valence electrons. The number of hydrogen-bond donors (Lipinski definition) is 3. The van der Waals surface area contributed by atoms with Crippen LogP contribution in [0.1, 0.15) is 64.3 Å². The van der Waals surface area contributed by atoms with Gasteiger partial charge in [0, 0.05) is 0 Å². The molecule has 0 heterocycles. The third kappa shape index (κ3) is 5.00. The molecule has 0 spiro atoms. The van der Waals surface area contributed by atoms with E-state index < -0.39 is 31.3 Å². The molecule has 0 fully saturated rings. The van der Waals surface area contributed by atoms with Crippen LogP contribution in [0, 0.1) is 5.41 Å². The Labute approximate surface area is 175 Å². The molecule has 0 saturated heterocycles. The maximum atomic E-state index is 10.1. The molecule has 1 unspecified atom stereocenters. The van der Waals surface area contributed by atoms with Gasteiger partial charge >= 0.3 is 0 Å². The Bertz CT molecular complexity index is 740. The molecule has 3 N–H and O–H groups in total. The summed E-state index contributed by atoms with van der Waals surface area (Å²) >= 11 is 0. The van der Waals surface area contributed by atoms with Crippen LogP contribution in [0.4, 0.5) is 0 Å². The molecule has 29 heavy (non-hydrogen) atoms. The highest BCUT2D eigenvalue weighted by Crippen LogP contribution is 2.45. The molecular weight excluding hydrogens is 364 g/mol. The summed E-state index contributed by atoms with van der Waals surface area (Å²) in [5.41, 5.74) is 1.34. The number of ether oxygens (including phenoxy) is 1. The van der Waals surface area contributed by atoms with Crippen LogP contribution in [0.5, 0.6) is 5.75 Å². The Hall–Kier alpha value is -1.88.